The quantitative estimate of drug-likeness (QED) is 0.670. The molecule has 0 fully saturated rings. The number of aliphatic hydroxyl groups is 1. The number of hydrogen-bond acceptors (Lipinski definition) is 2. The topological polar surface area (TPSA) is 32.3 Å². The third-order valence-electron chi connectivity index (χ3n) is 3.73. The van der Waals surface area contributed by atoms with Gasteiger partial charge in [-0.25, -0.2) is 8.78 Å². The van der Waals surface area contributed by atoms with Crippen molar-refractivity contribution in [1.82, 2.24) is 5.32 Å². The maximum Gasteiger partial charge on any atom is 0.131 e. The van der Waals surface area contributed by atoms with Gasteiger partial charge in [-0.05, 0) is 24.0 Å². The van der Waals surface area contributed by atoms with E-state index in [-0.39, 0.29) is 17.5 Å². The first-order valence-electron chi connectivity index (χ1n) is 7.70. The van der Waals surface area contributed by atoms with Crippen molar-refractivity contribution in [2.24, 2.45) is 5.41 Å². The molecule has 1 aromatic rings. The zero-order chi connectivity index (χ0) is 15.9. The molecule has 0 aliphatic rings. The van der Waals surface area contributed by atoms with E-state index in [2.05, 4.69) is 26.1 Å². The molecule has 1 atom stereocenters. The van der Waals surface area contributed by atoms with E-state index < -0.39 is 17.7 Å². The van der Waals surface area contributed by atoms with Crippen LogP contribution >= 0.6 is 0 Å². The highest BCUT2D eigenvalue weighted by molar-refractivity contribution is 5.22. The van der Waals surface area contributed by atoms with E-state index in [0.717, 1.165) is 18.6 Å². The van der Waals surface area contributed by atoms with Crippen molar-refractivity contribution in [3.63, 3.8) is 0 Å². The fourth-order valence-corrected chi connectivity index (χ4v) is 2.42. The van der Waals surface area contributed by atoms with Gasteiger partial charge in [-0.15, -0.1) is 0 Å². The minimum Gasteiger partial charge on any atom is -0.387 e. The Morgan fingerprint density at radius 3 is 2.38 bits per heavy atom. The van der Waals surface area contributed by atoms with Crippen LogP contribution in [0.2, 0.25) is 0 Å². The van der Waals surface area contributed by atoms with Gasteiger partial charge in [0, 0.05) is 13.1 Å². The molecule has 0 aliphatic heterocycles. The predicted molar refractivity (Wildman–Crippen MR) is 82.1 cm³/mol. The van der Waals surface area contributed by atoms with Gasteiger partial charge in [-0.1, -0.05) is 46.1 Å². The van der Waals surface area contributed by atoms with Crippen molar-refractivity contribution in [1.29, 1.82) is 0 Å². The van der Waals surface area contributed by atoms with E-state index in [4.69, 9.17) is 0 Å². The second kappa shape index (κ2) is 8.44. The summed E-state index contributed by atoms with van der Waals surface area (Å²) >= 11 is 0. The van der Waals surface area contributed by atoms with Crippen molar-refractivity contribution >= 4 is 0 Å². The number of nitrogens with one attached hydrogen (secondary N) is 1. The summed E-state index contributed by atoms with van der Waals surface area (Å²) in [4.78, 5) is 0. The average molecular weight is 299 g/mol. The maximum absolute atomic E-state index is 13.5. The molecule has 0 aliphatic carbocycles. The molecule has 4 heteroatoms. The highest BCUT2D eigenvalue weighted by atomic mass is 19.1. The number of benzene rings is 1. The highest BCUT2D eigenvalue weighted by Gasteiger charge is 2.20. The third-order valence-corrected chi connectivity index (χ3v) is 3.73. The van der Waals surface area contributed by atoms with E-state index in [9.17, 15) is 13.9 Å². The molecule has 0 saturated carbocycles. The van der Waals surface area contributed by atoms with Crippen LogP contribution in [-0.4, -0.2) is 18.2 Å². The lowest BCUT2D eigenvalue weighted by molar-refractivity contribution is 0.158. The van der Waals surface area contributed by atoms with Crippen molar-refractivity contribution in [2.45, 2.75) is 52.6 Å². The molecule has 0 bridgehead atoms. The molecule has 0 heterocycles. The summed E-state index contributed by atoms with van der Waals surface area (Å²) in [5.41, 5.74) is -0.142. The number of halogens is 2. The summed E-state index contributed by atoms with van der Waals surface area (Å²) in [5, 5.41) is 13.1. The van der Waals surface area contributed by atoms with E-state index in [1.54, 1.807) is 0 Å². The largest absolute Gasteiger partial charge is 0.387 e. The number of unbranched alkanes of at least 4 members (excludes halogenated alkanes) is 2. The molecule has 21 heavy (non-hydrogen) atoms. The zero-order valence-electron chi connectivity index (χ0n) is 13.3. The second-order valence-electron chi connectivity index (χ2n) is 6.40. The summed E-state index contributed by atoms with van der Waals surface area (Å²) in [6, 6.07) is 3.62. The Morgan fingerprint density at radius 1 is 1.19 bits per heavy atom. The van der Waals surface area contributed by atoms with Gasteiger partial charge in [-0.3, -0.25) is 0 Å². The zero-order valence-corrected chi connectivity index (χ0v) is 13.3. The van der Waals surface area contributed by atoms with Crippen molar-refractivity contribution in [3.05, 3.63) is 35.4 Å². The van der Waals surface area contributed by atoms with Gasteiger partial charge in [0.2, 0.25) is 0 Å². The molecular weight excluding hydrogens is 272 g/mol. The Bertz CT molecular complexity index is 415. The molecule has 1 aromatic carbocycles. The van der Waals surface area contributed by atoms with Gasteiger partial charge in [0.15, 0.2) is 0 Å². The van der Waals surface area contributed by atoms with Crippen molar-refractivity contribution in [2.75, 3.05) is 13.1 Å². The fourth-order valence-electron chi connectivity index (χ4n) is 2.42. The van der Waals surface area contributed by atoms with Crippen LogP contribution in [0.5, 0.6) is 0 Å². The van der Waals surface area contributed by atoms with Gasteiger partial charge in [0.1, 0.15) is 11.6 Å². The normalized spacial score (nSPS) is 13.4. The van der Waals surface area contributed by atoms with Gasteiger partial charge >= 0.3 is 0 Å². The van der Waals surface area contributed by atoms with Crippen LogP contribution in [0, 0.1) is 17.0 Å². The monoisotopic (exact) mass is 299 g/mol. The predicted octanol–water partition coefficient (Wildman–Crippen LogP) is 4.19. The molecule has 0 saturated heterocycles. The van der Waals surface area contributed by atoms with Crippen LogP contribution in [0.25, 0.3) is 0 Å². The van der Waals surface area contributed by atoms with E-state index in [0.29, 0.717) is 6.54 Å². The van der Waals surface area contributed by atoms with Crippen LogP contribution in [-0.2, 0) is 0 Å². The van der Waals surface area contributed by atoms with Crippen molar-refractivity contribution in [3.8, 4) is 0 Å². The fraction of sp³-hybridized carbons (Fsp3) is 0.647. The van der Waals surface area contributed by atoms with E-state index in [1.807, 2.05) is 0 Å². The Kier molecular flexibility index (Phi) is 7.26. The van der Waals surface area contributed by atoms with E-state index in [1.165, 1.54) is 25.3 Å². The molecule has 2 nitrogen and oxygen atoms in total. The van der Waals surface area contributed by atoms with Crippen LogP contribution in [0.4, 0.5) is 8.78 Å². The standard InChI is InChI=1S/C17H27F2NO/c1-4-5-6-10-17(2,3)12-20-11-15(21)16-13(18)8-7-9-14(16)19/h7-9,15,20-21H,4-6,10-12H2,1-3H3. The van der Waals surface area contributed by atoms with Crippen molar-refractivity contribution < 1.29 is 13.9 Å². The molecule has 0 aromatic heterocycles. The van der Waals surface area contributed by atoms with Crippen LogP contribution in [0.3, 0.4) is 0 Å². The Balaban J connectivity index is 2.44. The van der Waals surface area contributed by atoms with Crippen LogP contribution < -0.4 is 5.32 Å². The minimum absolute atomic E-state index is 0.114. The average Bonchev–Trinajstić information content (AvgIpc) is 2.38. The Labute approximate surface area is 126 Å². The summed E-state index contributed by atoms with van der Waals surface area (Å²) < 4.78 is 27.1. The molecule has 120 valence electrons. The molecule has 0 spiro atoms. The van der Waals surface area contributed by atoms with Gasteiger partial charge in [0.25, 0.3) is 0 Å². The van der Waals surface area contributed by atoms with Gasteiger partial charge in [-0.2, -0.15) is 0 Å². The highest BCUT2D eigenvalue weighted by Crippen LogP contribution is 2.24. The number of rotatable bonds is 9. The summed E-state index contributed by atoms with van der Waals surface area (Å²) in [6.07, 6.45) is 3.51. The first-order valence-corrected chi connectivity index (χ1v) is 7.70. The molecule has 2 N–H and O–H groups in total. The number of hydrogen-bond donors (Lipinski definition) is 2. The second-order valence-corrected chi connectivity index (χ2v) is 6.40. The lowest BCUT2D eigenvalue weighted by atomic mass is 9.87. The maximum atomic E-state index is 13.5. The summed E-state index contributed by atoms with van der Waals surface area (Å²) in [6.45, 7) is 7.35. The van der Waals surface area contributed by atoms with Gasteiger partial charge < -0.3 is 10.4 Å². The molecule has 0 amide bonds. The lowest BCUT2D eigenvalue weighted by Gasteiger charge is -2.26. The summed E-state index contributed by atoms with van der Waals surface area (Å²) in [7, 11) is 0. The minimum atomic E-state index is -1.17. The third kappa shape index (κ3) is 6.10. The SMILES string of the molecule is CCCCCC(C)(C)CNCC(O)c1c(F)cccc1F. The molecular formula is C17H27F2NO. The van der Waals surface area contributed by atoms with Crippen LogP contribution in [0.1, 0.15) is 58.1 Å². The first kappa shape index (κ1) is 18.1. The number of aliphatic hydroxyl groups excluding tert-OH is 1. The van der Waals surface area contributed by atoms with Gasteiger partial charge in [0.05, 0.1) is 11.7 Å². The first-order chi connectivity index (χ1) is 9.87. The molecule has 0 radical (unpaired) electrons. The molecule has 1 rings (SSSR count). The Hall–Kier alpha value is -1.00. The summed E-state index contributed by atoms with van der Waals surface area (Å²) in [5.74, 6) is -1.40. The van der Waals surface area contributed by atoms with Crippen LogP contribution in [0.15, 0.2) is 18.2 Å². The molecule has 1 unspecified atom stereocenters. The Morgan fingerprint density at radius 2 is 1.81 bits per heavy atom. The lowest BCUT2D eigenvalue weighted by Crippen LogP contribution is -2.32. The van der Waals surface area contributed by atoms with E-state index >= 15 is 0 Å². The smallest absolute Gasteiger partial charge is 0.131 e.